The van der Waals surface area contributed by atoms with Gasteiger partial charge in [-0.25, -0.2) is 9.78 Å². The number of imidazole rings is 1. The maximum Gasteiger partial charge on any atom is 0.330 e. The van der Waals surface area contributed by atoms with Crippen molar-refractivity contribution in [3.05, 3.63) is 39.9 Å². The Morgan fingerprint density at radius 3 is 2.74 bits per heavy atom. The number of hydrogen-bond donors (Lipinski definition) is 2. The summed E-state index contributed by atoms with van der Waals surface area (Å²) in [5.41, 5.74) is 4.56. The van der Waals surface area contributed by atoms with E-state index in [1.165, 1.54) is 0 Å². The second kappa shape index (κ2) is 8.00. The van der Waals surface area contributed by atoms with E-state index in [9.17, 15) is 4.79 Å². The molecule has 6 bridgehead atoms. The molecule has 0 spiro atoms. The van der Waals surface area contributed by atoms with Gasteiger partial charge in [-0.2, -0.15) is 4.98 Å². The third-order valence-corrected chi connectivity index (χ3v) is 6.67. The zero-order valence-corrected chi connectivity index (χ0v) is 18.4. The SMILES string of the molecule is Cc1cc(C)c2cc1Nc1ncc3c(n1)n(c(=O)n3C)C1CCC(CC1)NCCCO2. The normalized spacial score (nSPS) is 21.6. The molecule has 1 saturated carbocycles. The van der Waals surface area contributed by atoms with Gasteiger partial charge in [-0.1, -0.05) is 6.07 Å². The Hall–Kier alpha value is -2.87. The Bertz CT molecular complexity index is 1170. The highest BCUT2D eigenvalue weighted by Crippen LogP contribution is 2.31. The summed E-state index contributed by atoms with van der Waals surface area (Å²) in [6, 6.07) is 4.80. The highest BCUT2D eigenvalue weighted by atomic mass is 16.5. The number of ether oxygens (including phenoxy) is 1. The van der Waals surface area contributed by atoms with Crippen LogP contribution in [0.3, 0.4) is 0 Å². The molecule has 8 nitrogen and oxygen atoms in total. The quantitative estimate of drug-likeness (QED) is 0.578. The predicted octanol–water partition coefficient (Wildman–Crippen LogP) is 3.35. The van der Waals surface area contributed by atoms with E-state index >= 15 is 0 Å². The van der Waals surface area contributed by atoms with Gasteiger partial charge in [0.25, 0.3) is 0 Å². The molecular formula is C23H30N6O2. The number of fused-ring (bicyclic) bond motifs is 6. The lowest BCUT2D eigenvalue weighted by Gasteiger charge is -2.29. The Labute approximate surface area is 181 Å². The fourth-order valence-electron chi connectivity index (χ4n) is 4.87. The molecule has 3 aromatic rings. The van der Waals surface area contributed by atoms with E-state index in [4.69, 9.17) is 9.72 Å². The van der Waals surface area contributed by atoms with E-state index in [0.29, 0.717) is 24.2 Å². The second-order valence-corrected chi connectivity index (χ2v) is 8.83. The molecule has 164 valence electrons. The number of aromatic nitrogens is 4. The van der Waals surface area contributed by atoms with Crippen molar-refractivity contribution < 1.29 is 4.74 Å². The van der Waals surface area contributed by atoms with Crippen LogP contribution in [0.5, 0.6) is 5.75 Å². The number of rotatable bonds is 0. The summed E-state index contributed by atoms with van der Waals surface area (Å²) in [6.07, 6.45) is 6.76. The lowest BCUT2D eigenvalue weighted by Crippen LogP contribution is -2.36. The molecule has 8 heteroatoms. The maximum atomic E-state index is 13.1. The van der Waals surface area contributed by atoms with Crippen LogP contribution in [0.15, 0.2) is 23.1 Å². The molecule has 1 aliphatic carbocycles. The van der Waals surface area contributed by atoms with E-state index in [1.54, 1.807) is 17.8 Å². The molecule has 31 heavy (non-hydrogen) atoms. The van der Waals surface area contributed by atoms with Gasteiger partial charge in [0.2, 0.25) is 5.95 Å². The Morgan fingerprint density at radius 1 is 1.13 bits per heavy atom. The minimum Gasteiger partial charge on any atom is -0.493 e. The average Bonchev–Trinajstić information content (AvgIpc) is 3.00. The van der Waals surface area contributed by atoms with Crippen LogP contribution in [0, 0.1) is 13.8 Å². The van der Waals surface area contributed by atoms with Gasteiger partial charge in [0.05, 0.1) is 12.8 Å². The molecule has 6 rings (SSSR count). The lowest BCUT2D eigenvalue weighted by molar-refractivity contribution is 0.272. The first-order valence-electron chi connectivity index (χ1n) is 11.2. The van der Waals surface area contributed by atoms with Crippen LogP contribution in [0.2, 0.25) is 0 Å². The number of anilines is 2. The van der Waals surface area contributed by atoms with Gasteiger partial charge in [0.1, 0.15) is 11.3 Å². The highest BCUT2D eigenvalue weighted by molar-refractivity contribution is 5.73. The van der Waals surface area contributed by atoms with Gasteiger partial charge in [-0.05, 0) is 63.6 Å². The third kappa shape index (κ3) is 3.69. The Kier molecular flexibility index (Phi) is 5.17. The van der Waals surface area contributed by atoms with Crippen molar-refractivity contribution in [3.63, 3.8) is 0 Å². The van der Waals surface area contributed by atoms with Crippen molar-refractivity contribution in [2.45, 2.75) is 58.0 Å². The first kappa shape index (κ1) is 20.1. The topological polar surface area (TPSA) is 86.0 Å². The molecule has 2 N–H and O–H groups in total. The van der Waals surface area contributed by atoms with Crippen molar-refractivity contribution in [2.24, 2.45) is 7.05 Å². The predicted molar refractivity (Wildman–Crippen MR) is 121 cm³/mol. The summed E-state index contributed by atoms with van der Waals surface area (Å²) in [4.78, 5) is 22.3. The van der Waals surface area contributed by atoms with Crippen LogP contribution >= 0.6 is 0 Å². The number of nitrogens with one attached hydrogen (secondary N) is 2. The third-order valence-electron chi connectivity index (χ3n) is 6.67. The molecule has 2 aromatic heterocycles. The first-order chi connectivity index (χ1) is 15.0. The number of nitrogens with zero attached hydrogens (tertiary/aromatic N) is 4. The Balaban J connectivity index is 1.61. The zero-order chi connectivity index (χ0) is 21.5. The van der Waals surface area contributed by atoms with Gasteiger partial charge >= 0.3 is 5.69 Å². The molecule has 0 amide bonds. The van der Waals surface area contributed by atoms with Gasteiger partial charge < -0.3 is 15.4 Å². The molecular weight excluding hydrogens is 392 g/mol. The number of hydrogen-bond acceptors (Lipinski definition) is 6. The molecule has 1 fully saturated rings. The minimum atomic E-state index is -0.0158. The fourth-order valence-corrected chi connectivity index (χ4v) is 4.87. The number of aryl methyl sites for hydroxylation is 3. The Morgan fingerprint density at radius 2 is 1.94 bits per heavy atom. The summed E-state index contributed by atoms with van der Waals surface area (Å²) >= 11 is 0. The first-order valence-corrected chi connectivity index (χ1v) is 11.2. The lowest BCUT2D eigenvalue weighted by atomic mass is 9.91. The largest absolute Gasteiger partial charge is 0.493 e. The smallest absolute Gasteiger partial charge is 0.330 e. The van der Waals surface area contributed by atoms with Crippen LogP contribution in [-0.4, -0.2) is 38.3 Å². The average molecular weight is 423 g/mol. The molecule has 0 atom stereocenters. The summed E-state index contributed by atoms with van der Waals surface area (Å²) in [5, 5.41) is 7.02. The van der Waals surface area contributed by atoms with Crippen LogP contribution in [0.4, 0.5) is 11.6 Å². The number of benzene rings is 1. The molecule has 2 aliphatic heterocycles. The van der Waals surface area contributed by atoms with Crippen molar-refractivity contribution in [1.82, 2.24) is 24.4 Å². The minimum absolute atomic E-state index is 0.0158. The molecule has 1 aromatic carbocycles. The molecule has 4 heterocycles. The fraction of sp³-hybridized carbons (Fsp3) is 0.522. The molecule has 0 radical (unpaired) electrons. The van der Waals surface area contributed by atoms with Crippen molar-refractivity contribution in [3.8, 4) is 5.75 Å². The standard InChI is InChI=1S/C23H30N6O2/c1-14-11-15(2)20-12-18(14)26-22-25-13-19-21(27-22)29(23(30)28(19)3)17-7-5-16(6-8-17)24-9-4-10-31-20/h11-13,16-17,24H,4-10H2,1-3H3,(H,25,26,27). The van der Waals surface area contributed by atoms with Gasteiger partial charge in [0.15, 0.2) is 5.65 Å². The van der Waals surface area contributed by atoms with Crippen LogP contribution in [0.1, 0.15) is 49.3 Å². The van der Waals surface area contributed by atoms with E-state index in [-0.39, 0.29) is 11.7 Å². The van der Waals surface area contributed by atoms with E-state index in [2.05, 4.69) is 35.5 Å². The summed E-state index contributed by atoms with van der Waals surface area (Å²) in [6.45, 7) is 5.74. The van der Waals surface area contributed by atoms with Crippen molar-refractivity contribution >= 4 is 22.8 Å². The monoisotopic (exact) mass is 422 g/mol. The molecule has 3 aliphatic rings. The van der Waals surface area contributed by atoms with Gasteiger partial charge in [-0.15, -0.1) is 0 Å². The molecule has 0 unspecified atom stereocenters. The second-order valence-electron chi connectivity index (χ2n) is 8.83. The summed E-state index contributed by atoms with van der Waals surface area (Å²) < 4.78 is 9.63. The van der Waals surface area contributed by atoms with Crippen molar-refractivity contribution in [2.75, 3.05) is 18.5 Å². The summed E-state index contributed by atoms with van der Waals surface area (Å²) in [5.74, 6) is 1.36. The summed E-state index contributed by atoms with van der Waals surface area (Å²) in [7, 11) is 1.80. The van der Waals surface area contributed by atoms with E-state index < -0.39 is 0 Å². The van der Waals surface area contributed by atoms with Gasteiger partial charge in [0, 0.05) is 30.9 Å². The van der Waals surface area contributed by atoms with E-state index in [0.717, 1.165) is 66.7 Å². The van der Waals surface area contributed by atoms with E-state index in [1.807, 2.05) is 10.6 Å². The van der Waals surface area contributed by atoms with Crippen LogP contribution < -0.4 is 21.1 Å². The van der Waals surface area contributed by atoms with Crippen LogP contribution in [0.25, 0.3) is 11.2 Å². The zero-order valence-electron chi connectivity index (χ0n) is 18.4. The highest BCUT2D eigenvalue weighted by Gasteiger charge is 2.26. The van der Waals surface area contributed by atoms with Gasteiger partial charge in [-0.3, -0.25) is 9.13 Å². The molecule has 0 saturated heterocycles. The van der Waals surface area contributed by atoms with Crippen molar-refractivity contribution in [1.29, 1.82) is 0 Å². The maximum absolute atomic E-state index is 13.1. The van der Waals surface area contributed by atoms with Crippen LogP contribution in [-0.2, 0) is 7.05 Å².